The van der Waals surface area contributed by atoms with Crippen LogP contribution < -0.4 is 10.1 Å². The second-order valence-corrected chi connectivity index (χ2v) is 5.33. The Bertz CT molecular complexity index is 482. The lowest BCUT2D eigenvalue weighted by Crippen LogP contribution is -2.36. The fourth-order valence-electron chi connectivity index (χ4n) is 2.19. The van der Waals surface area contributed by atoms with E-state index in [2.05, 4.69) is 19.2 Å². The van der Waals surface area contributed by atoms with E-state index in [-0.39, 0.29) is 11.9 Å². The van der Waals surface area contributed by atoms with Crippen LogP contribution in [0.2, 0.25) is 0 Å². The number of hydrogen-bond acceptors (Lipinski definition) is 3. The van der Waals surface area contributed by atoms with Crippen molar-refractivity contribution in [3.8, 4) is 5.75 Å². The summed E-state index contributed by atoms with van der Waals surface area (Å²) in [5.74, 6) is 0.632. The summed E-state index contributed by atoms with van der Waals surface area (Å²) in [6, 6.07) is 7.05. The Labute approximate surface area is 113 Å². The molecule has 0 aliphatic carbocycles. The van der Waals surface area contributed by atoms with Crippen molar-refractivity contribution in [2.24, 2.45) is 5.92 Å². The van der Waals surface area contributed by atoms with Crippen LogP contribution >= 0.6 is 0 Å². The van der Waals surface area contributed by atoms with E-state index in [0.717, 1.165) is 12.0 Å². The van der Waals surface area contributed by atoms with Crippen LogP contribution in [0, 0.1) is 5.92 Å². The summed E-state index contributed by atoms with van der Waals surface area (Å²) in [6.45, 7) is 4.29. The minimum Gasteiger partial charge on any atom is -0.425 e. The van der Waals surface area contributed by atoms with Crippen LogP contribution in [0.4, 0.5) is 0 Å². The van der Waals surface area contributed by atoms with Crippen molar-refractivity contribution in [2.75, 3.05) is 0 Å². The largest absolute Gasteiger partial charge is 0.425 e. The average molecular weight is 261 g/mol. The highest BCUT2D eigenvalue weighted by Gasteiger charge is 2.28. The highest BCUT2D eigenvalue weighted by atomic mass is 16.5. The van der Waals surface area contributed by atoms with Gasteiger partial charge in [0.25, 0.3) is 0 Å². The molecular weight excluding hydrogens is 242 g/mol. The fourth-order valence-corrected chi connectivity index (χ4v) is 2.19. The van der Waals surface area contributed by atoms with Crippen LogP contribution in [0.1, 0.15) is 32.3 Å². The monoisotopic (exact) mass is 261 g/mol. The van der Waals surface area contributed by atoms with Gasteiger partial charge in [-0.25, -0.2) is 4.79 Å². The smallest absolute Gasteiger partial charge is 0.334 e. The van der Waals surface area contributed by atoms with E-state index in [1.54, 1.807) is 6.07 Å². The highest BCUT2D eigenvalue weighted by Crippen LogP contribution is 2.18. The van der Waals surface area contributed by atoms with E-state index in [0.29, 0.717) is 24.5 Å². The number of hydrogen-bond donors (Lipinski definition) is 1. The third-order valence-electron chi connectivity index (χ3n) is 3.04. The molecule has 1 amide bonds. The minimum absolute atomic E-state index is 0.0875. The van der Waals surface area contributed by atoms with Crippen molar-refractivity contribution in [1.82, 2.24) is 5.32 Å². The van der Waals surface area contributed by atoms with Crippen LogP contribution in [0.3, 0.4) is 0 Å². The fraction of sp³-hybridized carbons (Fsp3) is 0.467. The topological polar surface area (TPSA) is 55.4 Å². The molecule has 1 atom stereocenters. The van der Waals surface area contributed by atoms with Gasteiger partial charge in [-0.2, -0.15) is 0 Å². The van der Waals surface area contributed by atoms with Crippen LogP contribution in [0.5, 0.6) is 5.75 Å². The number of ether oxygens (including phenoxy) is 1. The maximum Gasteiger partial charge on any atom is 0.334 e. The number of amides is 1. The molecule has 0 radical (unpaired) electrons. The molecule has 1 N–H and O–H groups in total. The summed E-state index contributed by atoms with van der Waals surface area (Å²) in [4.78, 5) is 22.9. The second-order valence-electron chi connectivity index (χ2n) is 5.33. The van der Waals surface area contributed by atoms with E-state index in [9.17, 15) is 9.59 Å². The zero-order chi connectivity index (χ0) is 13.8. The first-order valence-electron chi connectivity index (χ1n) is 6.64. The molecule has 1 aliphatic rings. The van der Waals surface area contributed by atoms with E-state index >= 15 is 0 Å². The molecule has 1 fully saturated rings. The lowest BCUT2D eigenvalue weighted by atomic mass is 10.0. The van der Waals surface area contributed by atoms with Gasteiger partial charge in [0, 0.05) is 6.42 Å². The van der Waals surface area contributed by atoms with Crippen molar-refractivity contribution in [1.29, 1.82) is 0 Å². The lowest BCUT2D eigenvalue weighted by Gasteiger charge is -2.11. The van der Waals surface area contributed by atoms with Gasteiger partial charge in [-0.3, -0.25) is 4.79 Å². The minimum atomic E-state index is -0.499. The molecule has 19 heavy (non-hydrogen) atoms. The molecule has 1 aromatic rings. The Hall–Kier alpha value is -1.84. The van der Waals surface area contributed by atoms with Crippen molar-refractivity contribution in [3.63, 3.8) is 0 Å². The summed E-state index contributed by atoms with van der Waals surface area (Å²) in [5.41, 5.74) is 1.15. The van der Waals surface area contributed by atoms with Crippen LogP contribution in [-0.4, -0.2) is 17.9 Å². The Morgan fingerprint density at radius 2 is 2.26 bits per heavy atom. The van der Waals surface area contributed by atoms with Gasteiger partial charge in [0.15, 0.2) is 0 Å². The standard InChI is InChI=1S/C15H19NO3/c1-10(2)8-11-4-3-5-12(9-11)19-15(18)13-6-7-14(17)16-13/h3-5,9-10,13H,6-8H2,1-2H3,(H,16,17). The Morgan fingerprint density at radius 3 is 2.89 bits per heavy atom. The molecule has 4 heteroatoms. The van der Waals surface area contributed by atoms with Gasteiger partial charge in [0.1, 0.15) is 11.8 Å². The lowest BCUT2D eigenvalue weighted by molar-refractivity contribution is -0.137. The van der Waals surface area contributed by atoms with Gasteiger partial charge in [-0.05, 0) is 36.5 Å². The molecule has 0 bridgehead atoms. The molecule has 1 saturated heterocycles. The quantitative estimate of drug-likeness (QED) is 0.667. The number of benzene rings is 1. The molecule has 0 aromatic heterocycles. The van der Waals surface area contributed by atoms with Gasteiger partial charge in [-0.1, -0.05) is 26.0 Å². The zero-order valence-corrected chi connectivity index (χ0v) is 11.3. The molecule has 4 nitrogen and oxygen atoms in total. The molecule has 102 valence electrons. The molecule has 1 heterocycles. The molecule has 1 unspecified atom stereocenters. The van der Waals surface area contributed by atoms with Gasteiger partial charge >= 0.3 is 5.97 Å². The van der Waals surface area contributed by atoms with E-state index < -0.39 is 6.04 Å². The van der Waals surface area contributed by atoms with Crippen LogP contribution in [0.25, 0.3) is 0 Å². The molecule has 0 saturated carbocycles. The summed E-state index contributed by atoms with van der Waals surface area (Å²) in [5, 5.41) is 2.61. The van der Waals surface area contributed by atoms with E-state index in [1.807, 2.05) is 18.2 Å². The van der Waals surface area contributed by atoms with Crippen LogP contribution in [0.15, 0.2) is 24.3 Å². The van der Waals surface area contributed by atoms with Gasteiger partial charge in [-0.15, -0.1) is 0 Å². The normalized spacial score (nSPS) is 18.5. The van der Waals surface area contributed by atoms with Crippen molar-refractivity contribution >= 4 is 11.9 Å². The first-order chi connectivity index (χ1) is 9.04. The number of carbonyl (C=O) groups excluding carboxylic acids is 2. The van der Waals surface area contributed by atoms with Crippen molar-refractivity contribution < 1.29 is 14.3 Å². The number of nitrogens with one attached hydrogen (secondary N) is 1. The average Bonchev–Trinajstić information content (AvgIpc) is 2.75. The van der Waals surface area contributed by atoms with E-state index in [4.69, 9.17) is 4.74 Å². The van der Waals surface area contributed by atoms with E-state index in [1.165, 1.54) is 0 Å². The van der Waals surface area contributed by atoms with Crippen molar-refractivity contribution in [3.05, 3.63) is 29.8 Å². The highest BCUT2D eigenvalue weighted by molar-refractivity contribution is 5.88. The first kappa shape index (κ1) is 13.6. The third kappa shape index (κ3) is 3.81. The predicted molar refractivity (Wildman–Crippen MR) is 71.8 cm³/mol. The Morgan fingerprint density at radius 1 is 1.47 bits per heavy atom. The second kappa shape index (κ2) is 5.87. The maximum atomic E-state index is 11.9. The Kier molecular flexibility index (Phi) is 4.20. The molecule has 1 aliphatic heterocycles. The third-order valence-corrected chi connectivity index (χ3v) is 3.04. The van der Waals surface area contributed by atoms with Gasteiger partial charge in [0.2, 0.25) is 5.91 Å². The molecule has 1 aromatic carbocycles. The number of esters is 1. The summed E-state index contributed by atoms with van der Waals surface area (Å²) >= 11 is 0. The Balaban J connectivity index is 1.98. The maximum absolute atomic E-state index is 11.9. The summed E-state index contributed by atoms with van der Waals surface area (Å²) in [6.07, 6.45) is 1.86. The molecular formula is C15H19NO3. The summed E-state index contributed by atoms with van der Waals surface area (Å²) in [7, 11) is 0. The van der Waals surface area contributed by atoms with Crippen LogP contribution in [-0.2, 0) is 16.0 Å². The van der Waals surface area contributed by atoms with Crippen molar-refractivity contribution in [2.45, 2.75) is 39.2 Å². The molecule has 0 spiro atoms. The summed E-state index contributed by atoms with van der Waals surface area (Å²) < 4.78 is 5.32. The number of rotatable bonds is 4. The van der Waals surface area contributed by atoms with Gasteiger partial charge in [0.05, 0.1) is 0 Å². The SMILES string of the molecule is CC(C)Cc1cccc(OC(=O)C2CCC(=O)N2)c1. The first-order valence-corrected chi connectivity index (χ1v) is 6.64. The zero-order valence-electron chi connectivity index (χ0n) is 11.3. The molecule has 2 rings (SSSR count). The number of carbonyl (C=O) groups is 2. The predicted octanol–water partition coefficient (Wildman–Crippen LogP) is 2.07. The van der Waals surface area contributed by atoms with Gasteiger partial charge < -0.3 is 10.1 Å².